The number of hydrogen-bond donors (Lipinski definition) is 1. The first-order chi connectivity index (χ1) is 12.2. The summed E-state index contributed by atoms with van der Waals surface area (Å²) >= 11 is 0. The van der Waals surface area contributed by atoms with Crippen molar-refractivity contribution in [2.45, 2.75) is 51.2 Å². The molecule has 1 aromatic carbocycles. The Labute approximate surface area is 145 Å². The largest absolute Gasteiger partial charge is 0.325 e. The molecule has 0 bridgehead atoms. The van der Waals surface area contributed by atoms with Gasteiger partial charge in [-0.2, -0.15) is 0 Å². The Morgan fingerprint density at radius 1 is 1.28 bits per heavy atom. The van der Waals surface area contributed by atoms with Crippen molar-refractivity contribution in [1.29, 1.82) is 0 Å². The van der Waals surface area contributed by atoms with Crippen molar-refractivity contribution < 1.29 is 9.59 Å². The number of hydrogen-bond acceptors (Lipinski definition) is 5. The monoisotopic (exact) mass is 340 g/mol. The van der Waals surface area contributed by atoms with Gasteiger partial charge in [0.2, 0.25) is 0 Å². The quantitative estimate of drug-likeness (QED) is 0.849. The summed E-state index contributed by atoms with van der Waals surface area (Å²) in [6.07, 6.45) is 3.28. The lowest BCUT2D eigenvalue weighted by molar-refractivity contribution is -0.132. The molecule has 8 nitrogen and oxygen atoms in total. The zero-order valence-corrected chi connectivity index (χ0v) is 14.1. The zero-order chi connectivity index (χ0) is 17.4. The predicted octanol–water partition coefficient (Wildman–Crippen LogP) is 1.37. The molecule has 4 rings (SSSR count). The summed E-state index contributed by atoms with van der Waals surface area (Å²) in [5, 5.41) is 14.5. The summed E-state index contributed by atoms with van der Waals surface area (Å²) in [4.78, 5) is 27.0. The molecule has 0 unspecified atom stereocenters. The van der Waals surface area contributed by atoms with Gasteiger partial charge in [-0.1, -0.05) is 31.2 Å². The van der Waals surface area contributed by atoms with Gasteiger partial charge in [0.25, 0.3) is 5.91 Å². The van der Waals surface area contributed by atoms with E-state index in [1.807, 2.05) is 31.2 Å². The van der Waals surface area contributed by atoms with E-state index in [2.05, 4.69) is 20.8 Å². The molecular formula is C17H20N6O2. The van der Waals surface area contributed by atoms with E-state index in [-0.39, 0.29) is 18.5 Å². The van der Waals surface area contributed by atoms with Gasteiger partial charge >= 0.3 is 6.03 Å². The molecular weight excluding hydrogens is 320 g/mol. The van der Waals surface area contributed by atoms with E-state index in [1.54, 1.807) is 4.68 Å². The number of tetrazole rings is 1. The molecule has 0 radical (unpaired) electrons. The number of carbonyl (C=O) groups excluding carboxylic acids is 2. The number of nitrogens with zero attached hydrogens (tertiary/aromatic N) is 5. The number of carbonyl (C=O) groups is 2. The van der Waals surface area contributed by atoms with Crippen LogP contribution in [0.3, 0.4) is 0 Å². The fourth-order valence-electron chi connectivity index (χ4n) is 3.82. The molecule has 2 aromatic rings. The average molecular weight is 340 g/mol. The van der Waals surface area contributed by atoms with Gasteiger partial charge in [-0.15, -0.1) is 5.10 Å². The van der Waals surface area contributed by atoms with Crippen molar-refractivity contribution in [2.24, 2.45) is 0 Å². The lowest BCUT2D eigenvalue weighted by atomic mass is 9.76. The molecule has 1 saturated heterocycles. The highest BCUT2D eigenvalue weighted by atomic mass is 16.2. The summed E-state index contributed by atoms with van der Waals surface area (Å²) in [5.74, 6) is 0.308. The van der Waals surface area contributed by atoms with Crippen LogP contribution >= 0.6 is 0 Å². The van der Waals surface area contributed by atoms with Crippen molar-refractivity contribution in [1.82, 2.24) is 30.4 Å². The van der Waals surface area contributed by atoms with Crippen LogP contribution in [-0.4, -0.2) is 37.0 Å². The van der Waals surface area contributed by atoms with E-state index in [9.17, 15) is 9.59 Å². The lowest BCUT2D eigenvalue weighted by Crippen LogP contribution is -2.46. The van der Waals surface area contributed by atoms with E-state index in [0.29, 0.717) is 18.8 Å². The van der Waals surface area contributed by atoms with Gasteiger partial charge in [0.05, 0.1) is 6.54 Å². The van der Waals surface area contributed by atoms with Crippen molar-refractivity contribution in [3.63, 3.8) is 0 Å². The van der Waals surface area contributed by atoms with Crippen LogP contribution in [-0.2, 0) is 29.8 Å². The minimum atomic E-state index is -0.949. The topological polar surface area (TPSA) is 93.0 Å². The molecule has 3 amide bonds. The smallest absolute Gasteiger partial charge is 0.319 e. The first-order valence-corrected chi connectivity index (χ1v) is 8.63. The van der Waals surface area contributed by atoms with Crippen LogP contribution in [0.1, 0.15) is 43.1 Å². The molecule has 2 heterocycles. The van der Waals surface area contributed by atoms with Gasteiger partial charge in [-0.25, -0.2) is 9.48 Å². The number of fused-ring (bicyclic) bond motifs is 2. The summed E-state index contributed by atoms with van der Waals surface area (Å²) in [5.41, 5.74) is 1.09. The highest BCUT2D eigenvalue weighted by Gasteiger charge is 2.54. The molecule has 1 aromatic heterocycles. The number of aryl methyl sites for hydroxylation is 2. The number of urea groups is 1. The molecule has 1 spiro atoms. The third-order valence-electron chi connectivity index (χ3n) is 4.99. The lowest BCUT2D eigenvalue weighted by Gasteiger charge is -2.33. The first kappa shape index (κ1) is 15.7. The van der Waals surface area contributed by atoms with Crippen molar-refractivity contribution in [3.8, 4) is 0 Å². The number of aromatic nitrogens is 4. The van der Waals surface area contributed by atoms with E-state index < -0.39 is 5.54 Å². The van der Waals surface area contributed by atoms with Crippen LogP contribution in [0.4, 0.5) is 4.79 Å². The average Bonchev–Trinajstić information content (AvgIpc) is 3.15. The van der Waals surface area contributed by atoms with Crippen LogP contribution in [0.25, 0.3) is 0 Å². The predicted molar refractivity (Wildman–Crippen MR) is 88.2 cm³/mol. The Morgan fingerprint density at radius 3 is 2.96 bits per heavy atom. The maximum atomic E-state index is 13.2. The van der Waals surface area contributed by atoms with Crippen LogP contribution < -0.4 is 5.32 Å². The maximum absolute atomic E-state index is 13.2. The normalized spacial score (nSPS) is 22.4. The Bertz CT molecular complexity index is 832. The molecule has 8 heteroatoms. The van der Waals surface area contributed by atoms with Crippen LogP contribution in [0.15, 0.2) is 24.3 Å². The Hall–Kier alpha value is -2.77. The number of rotatable bonds is 4. The molecule has 1 aliphatic heterocycles. The second-order valence-corrected chi connectivity index (χ2v) is 6.56. The number of amides is 3. The molecule has 1 aliphatic carbocycles. The molecule has 1 fully saturated rings. The molecule has 2 aliphatic rings. The fraction of sp³-hybridized carbons (Fsp3) is 0.471. The van der Waals surface area contributed by atoms with Gasteiger partial charge in [-0.05, 0) is 47.2 Å². The summed E-state index contributed by atoms with van der Waals surface area (Å²) in [7, 11) is 0. The van der Waals surface area contributed by atoms with E-state index in [4.69, 9.17) is 0 Å². The van der Waals surface area contributed by atoms with Gasteiger partial charge in [0, 0.05) is 6.54 Å². The van der Waals surface area contributed by atoms with Gasteiger partial charge < -0.3 is 5.32 Å². The SMILES string of the molecule is CCCn1nnnc1CN1C(=O)N[C@@]2(CCCc3ccccc32)C1=O. The second kappa shape index (κ2) is 5.94. The molecule has 0 saturated carbocycles. The molecule has 130 valence electrons. The zero-order valence-electron chi connectivity index (χ0n) is 14.1. The Morgan fingerprint density at radius 2 is 2.12 bits per heavy atom. The molecule has 1 atom stereocenters. The van der Waals surface area contributed by atoms with Crippen LogP contribution in [0.2, 0.25) is 0 Å². The third-order valence-corrected chi connectivity index (χ3v) is 4.99. The summed E-state index contributed by atoms with van der Waals surface area (Å²) in [6, 6.07) is 7.47. The van der Waals surface area contributed by atoms with E-state index in [0.717, 1.165) is 30.4 Å². The Kier molecular flexibility index (Phi) is 3.74. The van der Waals surface area contributed by atoms with Crippen molar-refractivity contribution in [2.75, 3.05) is 0 Å². The highest BCUT2D eigenvalue weighted by molar-refractivity contribution is 6.07. The first-order valence-electron chi connectivity index (χ1n) is 8.63. The summed E-state index contributed by atoms with van der Waals surface area (Å²) in [6.45, 7) is 2.76. The van der Waals surface area contributed by atoms with Crippen LogP contribution in [0.5, 0.6) is 0 Å². The van der Waals surface area contributed by atoms with Crippen molar-refractivity contribution >= 4 is 11.9 Å². The second-order valence-electron chi connectivity index (χ2n) is 6.56. The third kappa shape index (κ3) is 2.40. The number of imide groups is 1. The van der Waals surface area contributed by atoms with Gasteiger partial charge in [0.1, 0.15) is 5.54 Å². The highest BCUT2D eigenvalue weighted by Crippen LogP contribution is 2.40. The Balaban J connectivity index is 1.66. The van der Waals surface area contributed by atoms with Crippen molar-refractivity contribution in [3.05, 3.63) is 41.2 Å². The van der Waals surface area contributed by atoms with Crippen LogP contribution in [0, 0.1) is 0 Å². The number of nitrogens with one attached hydrogen (secondary N) is 1. The van der Waals surface area contributed by atoms with E-state index >= 15 is 0 Å². The minimum absolute atomic E-state index is 0.0849. The number of benzene rings is 1. The van der Waals surface area contributed by atoms with E-state index in [1.165, 1.54) is 4.90 Å². The fourth-order valence-corrected chi connectivity index (χ4v) is 3.82. The molecule has 1 N–H and O–H groups in total. The minimum Gasteiger partial charge on any atom is -0.319 e. The summed E-state index contributed by atoms with van der Waals surface area (Å²) < 4.78 is 1.64. The van der Waals surface area contributed by atoms with Gasteiger partial charge in [0.15, 0.2) is 5.82 Å². The maximum Gasteiger partial charge on any atom is 0.325 e. The standard InChI is InChI=1S/C17H20N6O2/c1-2-10-23-14(19-20-21-23)11-22-15(24)17(18-16(22)25)9-5-7-12-6-3-4-8-13(12)17/h3-4,6,8H,2,5,7,9-11H2,1H3,(H,18,25)/t17-/m1/s1. The molecule has 25 heavy (non-hydrogen) atoms. The van der Waals surface area contributed by atoms with Gasteiger partial charge in [-0.3, -0.25) is 9.69 Å².